The predicted octanol–water partition coefficient (Wildman–Crippen LogP) is 2.30. The molecule has 1 aromatic rings. The van der Waals surface area contributed by atoms with Crippen LogP contribution in [0.15, 0.2) is 12.1 Å². The van der Waals surface area contributed by atoms with Crippen molar-refractivity contribution in [2.75, 3.05) is 18.9 Å². The highest BCUT2D eigenvalue weighted by atomic mass is 35.5. The molecule has 2 N–H and O–H groups in total. The lowest BCUT2D eigenvalue weighted by Gasteiger charge is -2.07. The Bertz CT molecular complexity index is 476. The zero-order valence-electron chi connectivity index (χ0n) is 9.54. The molecule has 0 aliphatic rings. The van der Waals surface area contributed by atoms with Crippen molar-refractivity contribution in [3.63, 3.8) is 0 Å². The van der Waals surface area contributed by atoms with Gasteiger partial charge in [0.1, 0.15) is 0 Å². The number of hydrogen-bond donors (Lipinski definition) is 1. The van der Waals surface area contributed by atoms with Crippen LogP contribution >= 0.6 is 23.2 Å². The molecule has 1 aromatic carbocycles. The summed E-state index contributed by atoms with van der Waals surface area (Å²) in [4.78, 5) is 22.7. The van der Waals surface area contributed by atoms with Crippen molar-refractivity contribution in [1.29, 1.82) is 0 Å². The number of rotatable bonds is 4. The SMILES string of the molecule is CCOC(=O)COC(=O)c1cc(N)cc(Cl)c1Cl. The summed E-state index contributed by atoms with van der Waals surface area (Å²) >= 11 is 11.6. The largest absolute Gasteiger partial charge is 0.463 e. The van der Waals surface area contributed by atoms with Gasteiger partial charge in [0, 0.05) is 5.69 Å². The summed E-state index contributed by atoms with van der Waals surface area (Å²) in [6, 6.07) is 2.73. The van der Waals surface area contributed by atoms with Crippen molar-refractivity contribution in [1.82, 2.24) is 0 Å². The molecule has 98 valence electrons. The molecule has 0 heterocycles. The fraction of sp³-hybridized carbons (Fsp3) is 0.273. The molecule has 0 amide bonds. The molecule has 0 unspecified atom stereocenters. The van der Waals surface area contributed by atoms with Gasteiger partial charge >= 0.3 is 11.9 Å². The van der Waals surface area contributed by atoms with Crippen molar-refractivity contribution >= 4 is 40.8 Å². The summed E-state index contributed by atoms with van der Waals surface area (Å²) in [5, 5.41) is 0.166. The van der Waals surface area contributed by atoms with Crippen molar-refractivity contribution in [3.05, 3.63) is 27.7 Å². The van der Waals surface area contributed by atoms with Crippen molar-refractivity contribution < 1.29 is 19.1 Å². The van der Waals surface area contributed by atoms with E-state index in [2.05, 4.69) is 4.74 Å². The van der Waals surface area contributed by atoms with E-state index in [-0.39, 0.29) is 27.9 Å². The highest BCUT2D eigenvalue weighted by Gasteiger charge is 2.17. The lowest BCUT2D eigenvalue weighted by Crippen LogP contribution is -2.16. The number of ether oxygens (including phenoxy) is 2. The molecule has 0 atom stereocenters. The number of hydrogen-bond acceptors (Lipinski definition) is 5. The average molecular weight is 292 g/mol. The molecule has 0 spiro atoms. The monoisotopic (exact) mass is 291 g/mol. The molecule has 7 heteroatoms. The molecule has 0 aliphatic heterocycles. The van der Waals surface area contributed by atoms with Crippen LogP contribution in [0.2, 0.25) is 10.0 Å². The third kappa shape index (κ3) is 3.78. The van der Waals surface area contributed by atoms with Crippen LogP contribution < -0.4 is 5.73 Å². The molecule has 0 aliphatic carbocycles. The van der Waals surface area contributed by atoms with E-state index in [1.165, 1.54) is 12.1 Å². The van der Waals surface area contributed by atoms with Gasteiger partial charge < -0.3 is 15.2 Å². The number of benzene rings is 1. The van der Waals surface area contributed by atoms with Gasteiger partial charge in [-0.15, -0.1) is 0 Å². The Kier molecular flexibility index (Phi) is 5.25. The Labute approximate surface area is 114 Å². The first-order chi connectivity index (χ1) is 8.45. The van der Waals surface area contributed by atoms with Gasteiger partial charge in [-0.1, -0.05) is 23.2 Å². The number of carbonyl (C=O) groups is 2. The summed E-state index contributed by atoms with van der Waals surface area (Å²) < 4.78 is 9.33. The molecular weight excluding hydrogens is 281 g/mol. The van der Waals surface area contributed by atoms with E-state index in [0.29, 0.717) is 0 Å². The average Bonchev–Trinajstić information content (AvgIpc) is 2.31. The fourth-order valence-electron chi connectivity index (χ4n) is 1.16. The molecule has 0 saturated carbocycles. The Hall–Kier alpha value is -1.46. The number of carbonyl (C=O) groups excluding carboxylic acids is 2. The first-order valence-electron chi connectivity index (χ1n) is 5.03. The molecule has 0 fully saturated rings. The molecular formula is C11H11Cl2NO4. The summed E-state index contributed by atoms with van der Waals surface area (Å²) in [7, 11) is 0. The van der Waals surface area contributed by atoms with Crippen LogP contribution in [0, 0.1) is 0 Å². The van der Waals surface area contributed by atoms with E-state index < -0.39 is 18.5 Å². The van der Waals surface area contributed by atoms with Crippen LogP contribution in [0.3, 0.4) is 0 Å². The van der Waals surface area contributed by atoms with E-state index in [9.17, 15) is 9.59 Å². The molecule has 1 rings (SSSR count). The van der Waals surface area contributed by atoms with Crippen LogP contribution in [0.1, 0.15) is 17.3 Å². The Morgan fingerprint density at radius 3 is 2.56 bits per heavy atom. The quantitative estimate of drug-likeness (QED) is 0.680. The maximum Gasteiger partial charge on any atom is 0.344 e. The minimum absolute atomic E-state index is 0.00552. The predicted molar refractivity (Wildman–Crippen MR) is 67.8 cm³/mol. The van der Waals surface area contributed by atoms with Crippen LogP contribution in [0.5, 0.6) is 0 Å². The lowest BCUT2D eigenvalue weighted by molar-refractivity contribution is -0.146. The van der Waals surface area contributed by atoms with Crippen LogP contribution in [-0.4, -0.2) is 25.2 Å². The zero-order valence-corrected chi connectivity index (χ0v) is 11.0. The topological polar surface area (TPSA) is 78.6 Å². The summed E-state index contributed by atoms with van der Waals surface area (Å²) in [5.74, 6) is -1.43. The van der Waals surface area contributed by atoms with E-state index in [4.69, 9.17) is 33.7 Å². The number of nitrogen functional groups attached to an aromatic ring is 1. The zero-order chi connectivity index (χ0) is 13.7. The van der Waals surface area contributed by atoms with Gasteiger partial charge in [0.25, 0.3) is 0 Å². The number of esters is 2. The summed E-state index contributed by atoms with van der Waals surface area (Å²) in [5.41, 5.74) is 5.80. The number of anilines is 1. The van der Waals surface area contributed by atoms with Crippen LogP contribution in [0.25, 0.3) is 0 Å². The fourth-order valence-corrected chi connectivity index (χ4v) is 1.58. The van der Waals surface area contributed by atoms with E-state index in [0.717, 1.165) is 0 Å². The highest BCUT2D eigenvalue weighted by Crippen LogP contribution is 2.29. The molecule has 0 aromatic heterocycles. The standard InChI is InChI=1S/C11H11Cl2NO4/c1-2-17-9(15)5-18-11(16)7-3-6(14)4-8(12)10(7)13/h3-4H,2,5,14H2,1H3. The second-order valence-corrected chi connectivity index (χ2v) is 4.03. The normalized spacial score (nSPS) is 9.94. The van der Waals surface area contributed by atoms with Gasteiger partial charge in [0.2, 0.25) is 0 Å². The second kappa shape index (κ2) is 6.47. The first-order valence-corrected chi connectivity index (χ1v) is 5.78. The molecule has 5 nitrogen and oxygen atoms in total. The molecule has 0 saturated heterocycles. The summed E-state index contributed by atoms with van der Waals surface area (Å²) in [6.07, 6.45) is 0. The Morgan fingerprint density at radius 2 is 1.94 bits per heavy atom. The molecule has 0 bridgehead atoms. The maximum absolute atomic E-state index is 11.7. The van der Waals surface area contributed by atoms with Gasteiger partial charge in [0.05, 0.1) is 22.2 Å². The molecule has 0 radical (unpaired) electrons. The summed E-state index contributed by atoms with van der Waals surface area (Å²) in [6.45, 7) is 1.37. The second-order valence-electron chi connectivity index (χ2n) is 3.25. The Morgan fingerprint density at radius 1 is 1.28 bits per heavy atom. The van der Waals surface area contributed by atoms with E-state index in [1.54, 1.807) is 6.92 Å². The first kappa shape index (κ1) is 14.6. The van der Waals surface area contributed by atoms with Gasteiger partial charge in [-0.25, -0.2) is 9.59 Å². The van der Waals surface area contributed by atoms with E-state index in [1.807, 2.05) is 0 Å². The van der Waals surface area contributed by atoms with Crippen LogP contribution in [0.4, 0.5) is 5.69 Å². The molecule has 18 heavy (non-hydrogen) atoms. The third-order valence-corrected chi connectivity index (χ3v) is 2.70. The third-order valence-electron chi connectivity index (χ3n) is 1.90. The van der Waals surface area contributed by atoms with Gasteiger partial charge in [-0.05, 0) is 19.1 Å². The minimum atomic E-state index is -0.790. The Balaban J connectivity index is 2.76. The van der Waals surface area contributed by atoms with Crippen molar-refractivity contribution in [2.24, 2.45) is 0 Å². The van der Waals surface area contributed by atoms with Crippen molar-refractivity contribution in [2.45, 2.75) is 6.92 Å². The lowest BCUT2D eigenvalue weighted by atomic mass is 10.2. The van der Waals surface area contributed by atoms with Gasteiger partial charge in [-0.2, -0.15) is 0 Å². The minimum Gasteiger partial charge on any atom is -0.463 e. The maximum atomic E-state index is 11.7. The number of nitrogens with two attached hydrogens (primary N) is 1. The number of halogens is 2. The van der Waals surface area contributed by atoms with Crippen molar-refractivity contribution in [3.8, 4) is 0 Å². The van der Waals surface area contributed by atoms with E-state index >= 15 is 0 Å². The van der Waals surface area contributed by atoms with Gasteiger partial charge in [0.15, 0.2) is 6.61 Å². The van der Waals surface area contributed by atoms with Gasteiger partial charge in [-0.3, -0.25) is 0 Å². The highest BCUT2D eigenvalue weighted by molar-refractivity contribution is 6.44. The smallest absolute Gasteiger partial charge is 0.344 e. The van der Waals surface area contributed by atoms with Crippen LogP contribution in [-0.2, 0) is 14.3 Å².